The van der Waals surface area contributed by atoms with Crippen molar-refractivity contribution in [3.8, 4) is 0 Å². The summed E-state index contributed by atoms with van der Waals surface area (Å²) in [7, 11) is 2.08. The second-order valence-electron chi connectivity index (χ2n) is 5.56. The van der Waals surface area contributed by atoms with Gasteiger partial charge < -0.3 is 0 Å². The predicted octanol–water partition coefficient (Wildman–Crippen LogP) is 3.38. The van der Waals surface area contributed by atoms with Gasteiger partial charge in [-0.05, 0) is 30.9 Å². The van der Waals surface area contributed by atoms with Crippen molar-refractivity contribution in [3.05, 3.63) is 54.1 Å². The molecule has 0 aliphatic carbocycles. The molecule has 0 unspecified atom stereocenters. The fourth-order valence-corrected chi connectivity index (χ4v) is 3.29. The number of nitrogens with zero attached hydrogens (tertiary/aromatic N) is 3. The number of aromatic nitrogens is 3. The van der Waals surface area contributed by atoms with Crippen LogP contribution in [0.3, 0.4) is 0 Å². The highest BCUT2D eigenvalue weighted by molar-refractivity contribution is 6.23. The molecule has 0 amide bonds. The Morgan fingerprint density at radius 3 is 2.57 bits per heavy atom. The zero-order valence-corrected chi connectivity index (χ0v) is 12.4. The van der Waals surface area contributed by atoms with Crippen molar-refractivity contribution in [1.82, 2.24) is 9.97 Å². The van der Waals surface area contributed by atoms with Crippen LogP contribution in [-0.4, -0.2) is 9.97 Å². The molecular formula is C18H16N3+. The monoisotopic (exact) mass is 274 g/mol. The van der Waals surface area contributed by atoms with Crippen LogP contribution in [0.5, 0.6) is 0 Å². The van der Waals surface area contributed by atoms with E-state index in [1.165, 1.54) is 27.2 Å². The van der Waals surface area contributed by atoms with Crippen molar-refractivity contribution < 1.29 is 4.57 Å². The van der Waals surface area contributed by atoms with E-state index in [0.717, 1.165) is 16.6 Å². The van der Waals surface area contributed by atoms with E-state index in [0.29, 0.717) is 0 Å². The van der Waals surface area contributed by atoms with Crippen molar-refractivity contribution >= 4 is 32.6 Å². The van der Waals surface area contributed by atoms with E-state index in [9.17, 15) is 0 Å². The van der Waals surface area contributed by atoms with Gasteiger partial charge in [-0.2, -0.15) is 0 Å². The number of hydrogen-bond donors (Lipinski definition) is 0. The van der Waals surface area contributed by atoms with Crippen LogP contribution in [0, 0.1) is 13.8 Å². The molecule has 2 aromatic carbocycles. The summed E-state index contributed by atoms with van der Waals surface area (Å²) in [5.74, 6) is 0. The number of fused-ring (bicyclic) bond motifs is 6. The average molecular weight is 274 g/mol. The molecule has 21 heavy (non-hydrogen) atoms. The number of rotatable bonds is 0. The van der Waals surface area contributed by atoms with Gasteiger partial charge in [-0.3, -0.25) is 0 Å². The molecular weight excluding hydrogens is 258 g/mol. The van der Waals surface area contributed by atoms with Crippen molar-refractivity contribution in [3.63, 3.8) is 0 Å². The first-order valence-corrected chi connectivity index (χ1v) is 7.09. The van der Waals surface area contributed by atoms with E-state index in [1.54, 1.807) is 6.33 Å². The standard InChI is InChI=1S/C18H16N3/c1-11-6-4-7-13-14-8-5-9-21(3)18(14)16-12(2)19-10-20-17(16)15(11)13/h4-10H,1-3H3/q+1. The van der Waals surface area contributed by atoms with E-state index in [-0.39, 0.29) is 0 Å². The highest BCUT2D eigenvalue weighted by atomic mass is 14.9. The maximum atomic E-state index is 4.60. The minimum Gasteiger partial charge on any atom is -0.241 e. The topological polar surface area (TPSA) is 29.7 Å². The third-order valence-electron chi connectivity index (χ3n) is 4.25. The summed E-state index contributed by atoms with van der Waals surface area (Å²) in [6.45, 7) is 4.20. The lowest BCUT2D eigenvalue weighted by Crippen LogP contribution is -2.28. The van der Waals surface area contributed by atoms with Crippen molar-refractivity contribution in [2.45, 2.75) is 13.8 Å². The second kappa shape index (κ2) is 4.22. The number of benzene rings is 2. The van der Waals surface area contributed by atoms with Crippen molar-refractivity contribution in [1.29, 1.82) is 0 Å². The van der Waals surface area contributed by atoms with E-state index >= 15 is 0 Å². The second-order valence-corrected chi connectivity index (χ2v) is 5.56. The minimum absolute atomic E-state index is 1.02. The molecule has 3 nitrogen and oxygen atoms in total. The lowest BCUT2D eigenvalue weighted by molar-refractivity contribution is -0.644. The van der Waals surface area contributed by atoms with Gasteiger partial charge in [-0.1, -0.05) is 18.2 Å². The van der Waals surface area contributed by atoms with Gasteiger partial charge in [-0.25, -0.2) is 14.5 Å². The van der Waals surface area contributed by atoms with Crippen LogP contribution >= 0.6 is 0 Å². The largest absolute Gasteiger partial charge is 0.241 e. The highest BCUT2D eigenvalue weighted by Gasteiger charge is 2.18. The fourth-order valence-electron chi connectivity index (χ4n) is 3.29. The molecule has 0 aliphatic heterocycles. The van der Waals surface area contributed by atoms with Gasteiger partial charge in [0.25, 0.3) is 0 Å². The molecule has 2 aromatic heterocycles. The Kier molecular flexibility index (Phi) is 2.45. The lowest BCUT2D eigenvalue weighted by atomic mass is 9.96. The third kappa shape index (κ3) is 1.57. The SMILES string of the molecule is Cc1cccc2c3ccc[n+](C)c3c3c(C)ncnc3c12. The molecule has 102 valence electrons. The van der Waals surface area contributed by atoms with Crippen molar-refractivity contribution in [2.75, 3.05) is 0 Å². The molecule has 0 fully saturated rings. The van der Waals surface area contributed by atoms with Gasteiger partial charge in [0.15, 0.2) is 6.20 Å². The summed E-state index contributed by atoms with van der Waals surface area (Å²) in [6.07, 6.45) is 3.74. The molecule has 0 atom stereocenters. The molecule has 2 heterocycles. The van der Waals surface area contributed by atoms with Crippen LogP contribution in [0.25, 0.3) is 32.6 Å². The van der Waals surface area contributed by atoms with Crippen LogP contribution in [-0.2, 0) is 7.05 Å². The van der Waals surface area contributed by atoms with Crippen LogP contribution in [0.2, 0.25) is 0 Å². The van der Waals surface area contributed by atoms with Gasteiger partial charge in [0.1, 0.15) is 13.4 Å². The fraction of sp³-hybridized carbons (Fsp3) is 0.167. The Morgan fingerprint density at radius 2 is 1.71 bits per heavy atom. The molecule has 0 spiro atoms. The third-order valence-corrected chi connectivity index (χ3v) is 4.25. The first-order chi connectivity index (χ1) is 10.2. The summed E-state index contributed by atoms with van der Waals surface area (Å²) in [5.41, 5.74) is 4.52. The molecule has 4 aromatic rings. The summed E-state index contributed by atoms with van der Waals surface area (Å²) in [6, 6.07) is 10.7. The number of pyridine rings is 1. The molecule has 4 rings (SSSR count). The van der Waals surface area contributed by atoms with Crippen molar-refractivity contribution in [2.24, 2.45) is 7.05 Å². The number of hydrogen-bond acceptors (Lipinski definition) is 2. The molecule has 0 saturated carbocycles. The first kappa shape index (κ1) is 12.2. The predicted molar refractivity (Wildman–Crippen MR) is 85.2 cm³/mol. The summed E-state index contributed by atoms with van der Waals surface area (Å²) >= 11 is 0. The smallest absolute Gasteiger partial charge is 0.224 e. The molecule has 3 heteroatoms. The summed E-state index contributed by atoms with van der Waals surface area (Å²) in [5, 5.41) is 4.89. The zero-order valence-electron chi connectivity index (χ0n) is 12.4. The van der Waals surface area contributed by atoms with Crippen LogP contribution in [0.4, 0.5) is 0 Å². The maximum absolute atomic E-state index is 4.60. The Bertz CT molecular complexity index is 1020. The maximum Gasteiger partial charge on any atom is 0.224 e. The van der Waals surface area contributed by atoms with Gasteiger partial charge >= 0.3 is 0 Å². The zero-order chi connectivity index (χ0) is 14.6. The van der Waals surface area contributed by atoms with Crippen LogP contribution in [0.15, 0.2) is 42.9 Å². The van der Waals surface area contributed by atoms with Gasteiger partial charge in [0.05, 0.1) is 22.0 Å². The first-order valence-electron chi connectivity index (χ1n) is 7.09. The summed E-state index contributed by atoms with van der Waals surface area (Å²) < 4.78 is 2.16. The normalized spacial score (nSPS) is 11.6. The van der Waals surface area contributed by atoms with Gasteiger partial charge in [0, 0.05) is 11.5 Å². The summed E-state index contributed by atoms with van der Waals surface area (Å²) in [4.78, 5) is 9.01. The molecule has 0 saturated heterocycles. The van der Waals surface area contributed by atoms with Gasteiger partial charge in [0.2, 0.25) is 5.52 Å². The minimum atomic E-state index is 1.02. The van der Waals surface area contributed by atoms with E-state index in [2.05, 4.69) is 72.0 Å². The Hall–Kier alpha value is -2.55. The highest BCUT2D eigenvalue weighted by Crippen LogP contribution is 2.34. The van der Waals surface area contributed by atoms with E-state index in [4.69, 9.17) is 0 Å². The number of aryl methyl sites for hydroxylation is 3. The quantitative estimate of drug-likeness (QED) is 0.363. The van der Waals surface area contributed by atoms with E-state index < -0.39 is 0 Å². The van der Waals surface area contributed by atoms with E-state index in [1.807, 2.05) is 0 Å². The Labute approximate surface area is 122 Å². The molecule has 0 radical (unpaired) electrons. The molecule has 0 N–H and O–H groups in total. The average Bonchev–Trinajstić information content (AvgIpc) is 2.48. The Morgan fingerprint density at radius 1 is 0.905 bits per heavy atom. The Balaban J connectivity index is 2.51. The van der Waals surface area contributed by atoms with Gasteiger partial charge in [-0.15, -0.1) is 0 Å². The molecule has 0 aliphatic rings. The lowest BCUT2D eigenvalue weighted by Gasteiger charge is -2.10. The molecule has 0 bridgehead atoms. The van der Waals surface area contributed by atoms with Crippen LogP contribution in [0.1, 0.15) is 11.3 Å². The van der Waals surface area contributed by atoms with Crippen LogP contribution < -0.4 is 4.57 Å².